The molecule has 0 aliphatic rings. The van der Waals surface area contributed by atoms with Crippen molar-refractivity contribution in [2.45, 2.75) is 19.9 Å². The molecule has 2 aromatic rings. The van der Waals surface area contributed by atoms with Gasteiger partial charge in [-0.05, 0) is 42.7 Å². The summed E-state index contributed by atoms with van der Waals surface area (Å²) in [5.74, 6) is 1.41. The first-order valence-corrected chi connectivity index (χ1v) is 8.47. The van der Waals surface area contributed by atoms with Crippen molar-refractivity contribution in [3.8, 4) is 11.5 Å². The third kappa shape index (κ3) is 5.37. The SMILES string of the molecule is CN=C(NCCc1cc(C)ccc1OC)NCc1ccc(OC)c(F)c1. The van der Waals surface area contributed by atoms with E-state index in [0.717, 1.165) is 23.3 Å². The van der Waals surface area contributed by atoms with Crippen molar-refractivity contribution in [1.29, 1.82) is 0 Å². The molecule has 2 rings (SSSR count). The number of guanidine groups is 1. The van der Waals surface area contributed by atoms with Gasteiger partial charge in [0.2, 0.25) is 0 Å². The zero-order valence-corrected chi connectivity index (χ0v) is 15.7. The van der Waals surface area contributed by atoms with Crippen LogP contribution in [0, 0.1) is 12.7 Å². The average molecular weight is 359 g/mol. The lowest BCUT2D eigenvalue weighted by atomic mass is 10.1. The first-order chi connectivity index (χ1) is 12.6. The molecule has 0 bridgehead atoms. The Hall–Kier alpha value is -2.76. The van der Waals surface area contributed by atoms with Crippen molar-refractivity contribution in [3.63, 3.8) is 0 Å². The quantitative estimate of drug-likeness (QED) is 0.589. The topological polar surface area (TPSA) is 54.9 Å². The van der Waals surface area contributed by atoms with Crippen LogP contribution in [-0.4, -0.2) is 33.8 Å². The van der Waals surface area contributed by atoms with E-state index in [1.165, 1.54) is 18.7 Å². The Bertz CT molecular complexity index is 763. The second-order valence-corrected chi connectivity index (χ2v) is 5.89. The summed E-state index contributed by atoms with van der Waals surface area (Å²) in [6.45, 7) is 3.23. The summed E-state index contributed by atoms with van der Waals surface area (Å²) in [5, 5.41) is 6.44. The fourth-order valence-corrected chi connectivity index (χ4v) is 2.64. The Kier molecular flexibility index (Phi) is 7.26. The van der Waals surface area contributed by atoms with Crippen LogP contribution < -0.4 is 20.1 Å². The molecule has 26 heavy (non-hydrogen) atoms. The number of aliphatic imine (C=N–C) groups is 1. The van der Waals surface area contributed by atoms with Gasteiger partial charge in [-0.15, -0.1) is 0 Å². The summed E-state index contributed by atoms with van der Waals surface area (Å²) in [6, 6.07) is 11.0. The van der Waals surface area contributed by atoms with Crippen molar-refractivity contribution in [3.05, 3.63) is 58.9 Å². The van der Waals surface area contributed by atoms with Gasteiger partial charge in [0.05, 0.1) is 14.2 Å². The maximum Gasteiger partial charge on any atom is 0.191 e. The van der Waals surface area contributed by atoms with Crippen molar-refractivity contribution < 1.29 is 13.9 Å². The van der Waals surface area contributed by atoms with Crippen LogP contribution in [0.15, 0.2) is 41.4 Å². The Balaban J connectivity index is 1.86. The van der Waals surface area contributed by atoms with Gasteiger partial charge in [0.15, 0.2) is 17.5 Å². The smallest absolute Gasteiger partial charge is 0.191 e. The second-order valence-electron chi connectivity index (χ2n) is 5.89. The number of ether oxygens (including phenoxy) is 2. The number of rotatable bonds is 7. The molecule has 2 aromatic carbocycles. The molecule has 6 heteroatoms. The van der Waals surface area contributed by atoms with Crippen molar-refractivity contribution in [2.24, 2.45) is 4.99 Å². The lowest BCUT2D eigenvalue weighted by molar-refractivity contribution is 0.386. The molecule has 0 radical (unpaired) electrons. The molecule has 0 amide bonds. The Morgan fingerprint density at radius 2 is 1.77 bits per heavy atom. The van der Waals surface area contributed by atoms with Crippen molar-refractivity contribution in [2.75, 3.05) is 27.8 Å². The Labute approximate surface area is 154 Å². The number of halogens is 1. The number of nitrogens with one attached hydrogen (secondary N) is 2. The van der Waals surface area contributed by atoms with E-state index in [-0.39, 0.29) is 11.6 Å². The highest BCUT2D eigenvalue weighted by molar-refractivity contribution is 5.79. The Morgan fingerprint density at radius 1 is 1.04 bits per heavy atom. The lowest BCUT2D eigenvalue weighted by Gasteiger charge is -2.14. The fourth-order valence-electron chi connectivity index (χ4n) is 2.64. The van der Waals surface area contributed by atoms with Crippen molar-refractivity contribution in [1.82, 2.24) is 10.6 Å². The highest BCUT2D eigenvalue weighted by Gasteiger charge is 2.06. The van der Waals surface area contributed by atoms with E-state index in [1.807, 2.05) is 18.2 Å². The maximum absolute atomic E-state index is 13.7. The zero-order chi connectivity index (χ0) is 18.9. The molecule has 0 heterocycles. The summed E-state index contributed by atoms with van der Waals surface area (Å²) in [6.07, 6.45) is 0.808. The highest BCUT2D eigenvalue weighted by atomic mass is 19.1. The number of hydrogen-bond donors (Lipinski definition) is 2. The van der Waals surface area contributed by atoms with Gasteiger partial charge in [-0.1, -0.05) is 23.8 Å². The molecule has 0 saturated heterocycles. The summed E-state index contributed by atoms with van der Waals surface area (Å²) in [5.41, 5.74) is 3.16. The molecule has 0 unspecified atom stereocenters. The minimum absolute atomic E-state index is 0.239. The monoisotopic (exact) mass is 359 g/mol. The van der Waals surface area contributed by atoms with Crippen LogP contribution in [0.3, 0.4) is 0 Å². The van der Waals surface area contributed by atoms with Gasteiger partial charge in [-0.3, -0.25) is 4.99 Å². The van der Waals surface area contributed by atoms with Gasteiger partial charge in [-0.2, -0.15) is 0 Å². The van der Waals surface area contributed by atoms with E-state index in [0.29, 0.717) is 19.0 Å². The average Bonchev–Trinajstić information content (AvgIpc) is 2.64. The largest absolute Gasteiger partial charge is 0.496 e. The van der Waals surface area contributed by atoms with Crippen LogP contribution in [0.1, 0.15) is 16.7 Å². The minimum atomic E-state index is -0.374. The van der Waals surface area contributed by atoms with Crippen molar-refractivity contribution >= 4 is 5.96 Å². The summed E-state index contributed by atoms with van der Waals surface area (Å²) < 4.78 is 24.1. The van der Waals surface area contributed by atoms with Gasteiger partial charge >= 0.3 is 0 Å². The molecule has 2 N–H and O–H groups in total. The lowest BCUT2D eigenvalue weighted by Crippen LogP contribution is -2.37. The summed E-state index contributed by atoms with van der Waals surface area (Å²) >= 11 is 0. The number of aryl methyl sites for hydroxylation is 1. The minimum Gasteiger partial charge on any atom is -0.496 e. The second kappa shape index (κ2) is 9.65. The maximum atomic E-state index is 13.7. The van der Waals surface area contributed by atoms with E-state index in [4.69, 9.17) is 9.47 Å². The molecule has 0 fully saturated rings. The van der Waals surface area contributed by atoms with Crippen LogP contribution >= 0.6 is 0 Å². The number of benzene rings is 2. The first kappa shape index (κ1) is 19.6. The van der Waals surface area contributed by atoms with E-state index in [2.05, 4.69) is 28.6 Å². The van der Waals surface area contributed by atoms with Crippen LogP contribution in [-0.2, 0) is 13.0 Å². The molecule has 0 spiro atoms. The summed E-state index contributed by atoms with van der Waals surface area (Å²) in [4.78, 5) is 4.20. The normalized spacial score (nSPS) is 11.2. The van der Waals surface area contributed by atoms with Crippen LogP contribution in [0.2, 0.25) is 0 Å². The molecular formula is C20H26FN3O2. The van der Waals surface area contributed by atoms with Crippen LogP contribution in [0.5, 0.6) is 11.5 Å². The van der Waals surface area contributed by atoms with Gasteiger partial charge in [0, 0.05) is 20.1 Å². The zero-order valence-electron chi connectivity index (χ0n) is 15.7. The molecule has 0 aliphatic heterocycles. The first-order valence-electron chi connectivity index (χ1n) is 8.47. The molecule has 0 atom stereocenters. The third-order valence-electron chi connectivity index (χ3n) is 4.02. The fraction of sp³-hybridized carbons (Fsp3) is 0.350. The van der Waals surface area contributed by atoms with Gasteiger partial charge in [-0.25, -0.2) is 4.39 Å². The Morgan fingerprint density at radius 3 is 2.42 bits per heavy atom. The van der Waals surface area contributed by atoms with E-state index in [1.54, 1.807) is 20.2 Å². The molecule has 0 saturated carbocycles. The van der Waals surface area contributed by atoms with Gasteiger partial charge in [0.25, 0.3) is 0 Å². The number of hydrogen-bond acceptors (Lipinski definition) is 3. The van der Waals surface area contributed by atoms with E-state index in [9.17, 15) is 4.39 Å². The molecule has 0 aliphatic carbocycles. The van der Waals surface area contributed by atoms with E-state index >= 15 is 0 Å². The molecule has 140 valence electrons. The highest BCUT2D eigenvalue weighted by Crippen LogP contribution is 2.20. The predicted octanol–water partition coefficient (Wildman–Crippen LogP) is 3.06. The van der Waals surface area contributed by atoms with Crippen LogP contribution in [0.25, 0.3) is 0 Å². The van der Waals surface area contributed by atoms with Gasteiger partial charge < -0.3 is 20.1 Å². The third-order valence-corrected chi connectivity index (χ3v) is 4.02. The summed E-state index contributed by atoms with van der Waals surface area (Å²) in [7, 11) is 4.83. The number of methoxy groups -OCH3 is 2. The van der Waals surface area contributed by atoms with Crippen LogP contribution in [0.4, 0.5) is 4.39 Å². The van der Waals surface area contributed by atoms with E-state index < -0.39 is 0 Å². The predicted molar refractivity (Wildman–Crippen MR) is 103 cm³/mol. The molecular weight excluding hydrogens is 333 g/mol. The number of nitrogens with zero attached hydrogens (tertiary/aromatic N) is 1. The standard InChI is InChI=1S/C20H26FN3O2/c1-14-5-7-18(25-3)16(11-14)9-10-23-20(22-2)24-13-15-6-8-19(26-4)17(21)12-15/h5-8,11-12H,9-10,13H2,1-4H3,(H2,22,23,24). The van der Waals surface area contributed by atoms with Gasteiger partial charge in [0.1, 0.15) is 5.75 Å². The molecule has 0 aromatic heterocycles. The molecule has 5 nitrogen and oxygen atoms in total.